The molecule has 0 radical (unpaired) electrons. The Morgan fingerprint density at radius 2 is 2.17 bits per heavy atom. The van der Waals surface area contributed by atoms with Crippen molar-refractivity contribution in [2.24, 2.45) is 5.73 Å². The molecule has 2 unspecified atom stereocenters. The number of aromatic nitrogens is 1. The first-order valence-electron chi connectivity index (χ1n) is 6.62. The maximum atomic E-state index is 6.32. The number of pyridine rings is 1. The SMILES string of the molecule is Cc1cncc(C(N)CC2CN(C)CCN2C)c1. The van der Waals surface area contributed by atoms with E-state index >= 15 is 0 Å². The molecule has 100 valence electrons. The van der Waals surface area contributed by atoms with Crippen molar-refractivity contribution in [1.82, 2.24) is 14.8 Å². The van der Waals surface area contributed by atoms with Crippen LogP contribution in [0.1, 0.15) is 23.6 Å². The minimum atomic E-state index is 0.0800. The van der Waals surface area contributed by atoms with Gasteiger partial charge in [-0.25, -0.2) is 0 Å². The molecule has 0 saturated carbocycles. The molecular weight excluding hydrogens is 224 g/mol. The van der Waals surface area contributed by atoms with Crippen LogP contribution < -0.4 is 5.73 Å². The molecule has 2 atom stereocenters. The Morgan fingerprint density at radius 1 is 1.39 bits per heavy atom. The summed E-state index contributed by atoms with van der Waals surface area (Å²) in [6, 6.07) is 2.76. The van der Waals surface area contributed by atoms with Crippen LogP contribution >= 0.6 is 0 Å². The molecule has 1 saturated heterocycles. The first-order valence-corrected chi connectivity index (χ1v) is 6.62. The second-order valence-corrected chi connectivity index (χ2v) is 5.53. The van der Waals surface area contributed by atoms with Crippen molar-refractivity contribution in [1.29, 1.82) is 0 Å². The van der Waals surface area contributed by atoms with E-state index in [2.05, 4.69) is 41.9 Å². The predicted octanol–water partition coefficient (Wildman–Crippen LogP) is 1.03. The highest BCUT2D eigenvalue weighted by molar-refractivity contribution is 5.20. The summed E-state index contributed by atoms with van der Waals surface area (Å²) in [6.07, 6.45) is 4.76. The zero-order chi connectivity index (χ0) is 13.1. The third-order valence-electron chi connectivity index (χ3n) is 3.83. The van der Waals surface area contributed by atoms with Gasteiger partial charge in [0.15, 0.2) is 0 Å². The van der Waals surface area contributed by atoms with Gasteiger partial charge in [0.1, 0.15) is 0 Å². The summed E-state index contributed by atoms with van der Waals surface area (Å²) >= 11 is 0. The highest BCUT2D eigenvalue weighted by Gasteiger charge is 2.24. The average Bonchev–Trinajstić information content (AvgIpc) is 2.34. The fraction of sp³-hybridized carbons (Fsp3) is 0.643. The minimum Gasteiger partial charge on any atom is -0.324 e. The lowest BCUT2D eigenvalue weighted by molar-refractivity contribution is 0.104. The van der Waals surface area contributed by atoms with Gasteiger partial charge in [0, 0.05) is 44.1 Å². The highest BCUT2D eigenvalue weighted by Crippen LogP contribution is 2.20. The van der Waals surface area contributed by atoms with Crippen LogP contribution in [-0.4, -0.2) is 54.6 Å². The first kappa shape index (κ1) is 13.5. The van der Waals surface area contributed by atoms with E-state index in [-0.39, 0.29) is 6.04 Å². The summed E-state index contributed by atoms with van der Waals surface area (Å²) in [5.41, 5.74) is 8.64. The van der Waals surface area contributed by atoms with Gasteiger partial charge in [0.05, 0.1) is 0 Å². The molecule has 2 rings (SSSR count). The van der Waals surface area contributed by atoms with E-state index in [0.717, 1.165) is 31.6 Å². The third-order valence-corrected chi connectivity index (χ3v) is 3.83. The first-order chi connectivity index (χ1) is 8.56. The molecule has 0 bridgehead atoms. The van der Waals surface area contributed by atoms with E-state index < -0.39 is 0 Å². The number of aryl methyl sites for hydroxylation is 1. The number of nitrogens with zero attached hydrogens (tertiary/aromatic N) is 3. The molecule has 1 aromatic heterocycles. The molecule has 1 fully saturated rings. The molecule has 0 aromatic carbocycles. The predicted molar refractivity (Wildman–Crippen MR) is 74.4 cm³/mol. The van der Waals surface area contributed by atoms with E-state index in [4.69, 9.17) is 5.73 Å². The van der Waals surface area contributed by atoms with Crippen molar-refractivity contribution in [3.63, 3.8) is 0 Å². The van der Waals surface area contributed by atoms with Gasteiger partial charge in [0.2, 0.25) is 0 Å². The molecule has 0 amide bonds. The van der Waals surface area contributed by atoms with E-state index in [1.54, 1.807) is 0 Å². The van der Waals surface area contributed by atoms with Gasteiger partial charge in [-0.15, -0.1) is 0 Å². The van der Waals surface area contributed by atoms with Crippen LogP contribution in [-0.2, 0) is 0 Å². The Labute approximate surface area is 110 Å². The van der Waals surface area contributed by atoms with Crippen molar-refractivity contribution < 1.29 is 0 Å². The van der Waals surface area contributed by atoms with Gasteiger partial charge in [-0.1, -0.05) is 6.07 Å². The lowest BCUT2D eigenvalue weighted by Gasteiger charge is -2.38. The number of likely N-dealkylation sites (N-methyl/N-ethyl adjacent to an activating group) is 2. The van der Waals surface area contributed by atoms with Crippen LogP contribution in [0.3, 0.4) is 0 Å². The maximum Gasteiger partial charge on any atom is 0.0325 e. The molecule has 2 heterocycles. The Kier molecular flexibility index (Phi) is 4.32. The Balaban J connectivity index is 2.00. The van der Waals surface area contributed by atoms with Crippen LogP contribution in [0.15, 0.2) is 18.5 Å². The molecule has 2 N–H and O–H groups in total. The van der Waals surface area contributed by atoms with E-state index in [1.807, 2.05) is 12.4 Å². The van der Waals surface area contributed by atoms with Crippen molar-refractivity contribution in [2.75, 3.05) is 33.7 Å². The van der Waals surface area contributed by atoms with Crippen LogP contribution in [0, 0.1) is 6.92 Å². The standard InChI is InChI=1S/C14H24N4/c1-11-6-12(9-16-8-11)14(15)7-13-10-17(2)4-5-18(13)3/h6,8-9,13-14H,4-5,7,10,15H2,1-3H3. The second-order valence-electron chi connectivity index (χ2n) is 5.53. The van der Waals surface area contributed by atoms with E-state index in [9.17, 15) is 0 Å². The molecule has 18 heavy (non-hydrogen) atoms. The Morgan fingerprint density at radius 3 is 2.89 bits per heavy atom. The lowest BCUT2D eigenvalue weighted by atomic mass is 9.98. The molecule has 4 heteroatoms. The van der Waals surface area contributed by atoms with Crippen LogP contribution in [0.4, 0.5) is 0 Å². The number of hydrogen-bond donors (Lipinski definition) is 1. The average molecular weight is 248 g/mol. The second kappa shape index (κ2) is 5.78. The summed E-state index contributed by atoms with van der Waals surface area (Å²) in [5.74, 6) is 0. The fourth-order valence-electron chi connectivity index (χ4n) is 2.57. The minimum absolute atomic E-state index is 0.0800. The topological polar surface area (TPSA) is 45.4 Å². The lowest BCUT2D eigenvalue weighted by Crippen LogP contribution is -2.50. The molecular formula is C14H24N4. The Hall–Kier alpha value is -0.970. The van der Waals surface area contributed by atoms with Gasteiger partial charge in [-0.2, -0.15) is 0 Å². The van der Waals surface area contributed by atoms with Crippen molar-refractivity contribution >= 4 is 0 Å². The molecule has 0 spiro atoms. The summed E-state index contributed by atoms with van der Waals surface area (Å²) < 4.78 is 0. The number of piperazine rings is 1. The summed E-state index contributed by atoms with van der Waals surface area (Å²) in [5, 5.41) is 0. The maximum absolute atomic E-state index is 6.32. The third kappa shape index (κ3) is 3.28. The molecule has 1 aliphatic heterocycles. The van der Waals surface area contributed by atoms with E-state index in [0.29, 0.717) is 6.04 Å². The van der Waals surface area contributed by atoms with Gasteiger partial charge in [-0.3, -0.25) is 4.98 Å². The van der Waals surface area contributed by atoms with Gasteiger partial charge >= 0.3 is 0 Å². The quantitative estimate of drug-likeness (QED) is 0.867. The van der Waals surface area contributed by atoms with Gasteiger partial charge in [0.25, 0.3) is 0 Å². The summed E-state index contributed by atoms with van der Waals surface area (Å²) in [7, 11) is 4.37. The van der Waals surface area contributed by atoms with Crippen LogP contribution in [0.5, 0.6) is 0 Å². The number of hydrogen-bond acceptors (Lipinski definition) is 4. The highest BCUT2D eigenvalue weighted by atomic mass is 15.3. The molecule has 4 nitrogen and oxygen atoms in total. The number of rotatable bonds is 3. The normalized spacial score (nSPS) is 24.1. The smallest absolute Gasteiger partial charge is 0.0325 e. The van der Waals surface area contributed by atoms with E-state index in [1.165, 1.54) is 5.56 Å². The van der Waals surface area contributed by atoms with Crippen molar-refractivity contribution in [3.05, 3.63) is 29.6 Å². The number of nitrogens with two attached hydrogens (primary N) is 1. The van der Waals surface area contributed by atoms with Crippen LogP contribution in [0.2, 0.25) is 0 Å². The molecule has 1 aromatic rings. The van der Waals surface area contributed by atoms with Gasteiger partial charge in [-0.05, 0) is 38.6 Å². The Bertz CT molecular complexity index is 393. The fourth-order valence-corrected chi connectivity index (χ4v) is 2.57. The van der Waals surface area contributed by atoms with Crippen molar-refractivity contribution in [2.45, 2.75) is 25.4 Å². The monoisotopic (exact) mass is 248 g/mol. The summed E-state index contributed by atoms with van der Waals surface area (Å²) in [4.78, 5) is 9.03. The molecule has 0 aliphatic carbocycles. The largest absolute Gasteiger partial charge is 0.324 e. The van der Waals surface area contributed by atoms with Gasteiger partial charge < -0.3 is 15.5 Å². The zero-order valence-corrected chi connectivity index (χ0v) is 11.6. The summed E-state index contributed by atoms with van der Waals surface area (Å²) in [6.45, 7) is 5.43. The van der Waals surface area contributed by atoms with Crippen molar-refractivity contribution in [3.8, 4) is 0 Å². The molecule has 1 aliphatic rings. The van der Waals surface area contributed by atoms with Crippen LogP contribution in [0.25, 0.3) is 0 Å². The zero-order valence-electron chi connectivity index (χ0n) is 11.6.